The van der Waals surface area contributed by atoms with Gasteiger partial charge in [-0.25, -0.2) is 9.37 Å². The highest BCUT2D eigenvalue weighted by Gasteiger charge is 2.49. The first-order chi connectivity index (χ1) is 20.0. The minimum absolute atomic E-state index is 0.0564. The summed E-state index contributed by atoms with van der Waals surface area (Å²) in [4.78, 5) is 17.5. The number of aromatic nitrogens is 4. The van der Waals surface area contributed by atoms with E-state index >= 15 is 0 Å². The van der Waals surface area contributed by atoms with Crippen molar-refractivity contribution < 1.29 is 36.2 Å². The lowest BCUT2D eigenvalue weighted by molar-refractivity contribution is -0.164. The second kappa shape index (κ2) is 11.8. The number of halogens is 5. The van der Waals surface area contributed by atoms with Crippen molar-refractivity contribution in [2.24, 2.45) is 0 Å². The molecular formula is C28H26BrF4N5O4. The third kappa shape index (κ3) is 6.19. The number of ether oxygens (including phenoxy) is 2. The largest absolute Gasteiger partial charge is 0.496 e. The minimum atomic E-state index is -4.63. The van der Waals surface area contributed by atoms with Crippen LogP contribution in [0.15, 0.2) is 51.5 Å². The molecule has 14 heteroatoms. The standard InChI is InChI=1S/C28H26BrF4N5O4/c1-16-34-13-23(42-16)20-6-4-17(10-22(20)40-2)11-24-36-37-25-27(8-3-9-38(24)25,26(39)35-15-28(31,32)33)41-14-18-12-19(30)5-7-21(18)29/h4-7,10,12-13H,3,8-9,11,14-15H2,1-2H3,(H,35,39). The quantitative estimate of drug-likeness (QED) is 0.234. The number of nitrogens with one attached hydrogen (secondary N) is 1. The number of oxazole rings is 1. The Hall–Kier alpha value is -3.78. The van der Waals surface area contributed by atoms with Crippen molar-refractivity contribution in [1.29, 1.82) is 0 Å². The van der Waals surface area contributed by atoms with Crippen LogP contribution in [0.3, 0.4) is 0 Å². The summed E-state index contributed by atoms with van der Waals surface area (Å²) in [5, 5.41) is 10.5. The highest BCUT2D eigenvalue weighted by molar-refractivity contribution is 9.10. The predicted molar refractivity (Wildman–Crippen MR) is 145 cm³/mol. The summed E-state index contributed by atoms with van der Waals surface area (Å²) >= 11 is 3.32. The first-order valence-corrected chi connectivity index (χ1v) is 13.7. The topological polar surface area (TPSA) is 104 Å². The van der Waals surface area contributed by atoms with E-state index in [1.54, 1.807) is 17.7 Å². The number of hydrogen-bond acceptors (Lipinski definition) is 7. The van der Waals surface area contributed by atoms with Crippen molar-refractivity contribution in [3.8, 4) is 17.1 Å². The zero-order valence-corrected chi connectivity index (χ0v) is 24.2. The molecule has 1 atom stereocenters. The van der Waals surface area contributed by atoms with E-state index in [1.165, 1.54) is 25.3 Å². The average molecular weight is 652 g/mol. The minimum Gasteiger partial charge on any atom is -0.496 e. The molecule has 0 spiro atoms. The SMILES string of the molecule is COc1cc(Cc2nnc3n2CCCC3(OCc2cc(F)ccc2Br)C(=O)NCC(F)(F)F)ccc1-c1cnc(C)o1. The van der Waals surface area contributed by atoms with E-state index in [9.17, 15) is 22.4 Å². The van der Waals surface area contributed by atoms with Gasteiger partial charge in [0.2, 0.25) is 5.60 Å². The van der Waals surface area contributed by atoms with Gasteiger partial charge in [0.05, 0.1) is 25.5 Å². The van der Waals surface area contributed by atoms with Crippen LogP contribution in [0.2, 0.25) is 0 Å². The summed E-state index contributed by atoms with van der Waals surface area (Å²) in [5.41, 5.74) is 0.0161. The molecule has 3 heterocycles. The number of carbonyl (C=O) groups excluding carboxylic acids is 1. The van der Waals surface area contributed by atoms with Crippen molar-refractivity contribution in [1.82, 2.24) is 25.1 Å². The van der Waals surface area contributed by atoms with E-state index < -0.39 is 30.0 Å². The van der Waals surface area contributed by atoms with Gasteiger partial charge in [0.1, 0.15) is 23.9 Å². The van der Waals surface area contributed by atoms with Crippen LogP contribution in [0.1, 0.15) is 41.5 Å². The highest BCUT2D eigenvalue weighted by Crippen LogP contribution is 2.38. The molecule has 0 saturated heterocycles. The number of fused-ring (bicyclic) bond motifs is 1. The number of alkyl halides is 3. The van der Waals surface area contributed by atoms with Crippen LogP contribution in [-0.4, -0.2) is 45.5 Å². The summed E-state index contributed by atoms with van der Waals surface area (Å²) in [5.74, 6) is 0.651. The molecule has 1 amide bonds. The Balaban J connectivity index is 1.47. The number of hydrogen-bond donors (Lipinski definition) is 1. The fourth-order valence-corrected chi connectivity index (χ4v) is 5.27. The van der Waals surface area contributed by atoms with Crippen molar-refractivity contribution in [2.75, 3.05) is 13.7 Å². The van der Waals surface area contributed by atoms with Crippen LogP contribution in [-0.2, 0) is 34.7 Å². The molecule has 2 aromatic heterocycles. The highest BCUT2D eigenvalue weighted by atomic mass is 79.9. The lowest BCUT2D eigenvalue weighted by atomic mass is 9.91. The van der Waals surface area contributed by atoms with Gasteiger partial charge < -0.3 is 23.8 Å². The summed E-state index contributed by atoms with van der Waals surface area (Å²) in [6.07, 6.45) is -2.29. The van der Waals surface area contributed by atoms with Gasteiger partial charge in [0.15, 0.2) is 17.5 Å². The molecule has 1 unspecified atom stereocenters. The number of carbonyl (C=O) groups is 1. The zero-order valence-electron chi connectivity index (χ0n) is 22.6. The first-order valence-electron chi connectivity index (χ1n) is 12.9. The molecule has 1 aliphatic rings. The molecule has 222 valence electrons. The van der Waals surface area contributed by atoms with Gasteiger partial charge in [0.25, 0.3) is 5.91 Å². The van der Waals surface area contributed by atoms with Crippen molar-refractivity contribution in [3.05, 3.63) is 81.6 Å². The third-order valence-electron chi connectivity index (χ3n) is 6.91. The van der Waals surface area contributed by atoms with E-state index in [1.807, 2.05) is 23.5 Å². The van der Waals surface area contributed by atoms with E-state index in [2.05, 4.69) is 31.1 Å². The maximum absolute atomic E-state index is 13.9. The smallest absolute Gasteiger partial charge is 0.405 e. The van der Waals surface area contributed by atoms with Crippen LogP contribution >= 0.6 is 15.9 Å². The van der Waals surface area contributed by atoms with Crippen LogP contribution in [0.4, 0.5) is 17.6 Å². The molecule has 9 nitrogen and oxygen atoms in total. The van der Waals surface area contributed by atoms with Crippen LogP contribution < -0.4 is 10.1 Å². The number of aryl methyl sites for hydroxylation is 1. The van der Waals surface area contributed by atoms with Crippen molar-refractivity contribution >= 4 is 21.8 Å². The van der Waals surface area contributed by atoms with Gasteiger partial charge in [-0.2, -0.15) is 13.2 Å². The summed E-state index contributed by atoms with van der Waals surface area (Å²) in [7, 11) is 1.53. The second-order valence-corrected chi connectivity index (χ2v) is 10.7. The summed E-state index contributed by atoms with van der Waals surface area (Å²) in [6.45, 7) is 0.354. The van der Waals surface area contributed by atoms with E-state index in [4.69, 9.17) is 13.9 Å². The zero-order chi connectivity index (χ0) is 30.1. The van der Waals surface area contributed by atoms with Gasteiger partial charge >= 0.3 is 6.18 Å². The van der Waals surface area contributed by atoms with E-state index in [-0.39, 0.29) is 25.3 Å². The molecule has 1 N–H and O–H groups in total. The summed E-state index contributed by atoms with van der Waals surface area (Å²) < 4.78 is 72.5. The number of benzene rings is 2. The fourth-order valence-electron chi connectivity index (χ4n) is 4.91. The maximum atomic E-state index is 13.9. The first kappa shape index (κ1) is 29.7. The normalized spacial score (nSPS) is 16.7. The molecule has 0 bridgehead atoms. The Morgan fingerprint density at radius 2 is 2.02 bits per heavy atom. The van der Waals surface area contributed by atoms with Crippen molar-refractivity contribution in [2.45, 2.75) is 51.1 Å². The van der Waals surface area contributed by atoms with Crippen LogP contribution in [0.25, 0.3) is 11.3 Å². The van der Waals surface area contributed by atoms with Gasteiger partial charge in [-0.3, -0.25) is 4.79 Å². The van der Waals surface area contributed by atoms with Gasteiger partial charge in [-0.1, -0.05) is 22.0 Å². The number of methoxy groups -OCH3 is 1. The molecule has 0 fully saturated rings. The van der Waals surface area contributed by atoms with Gasteiger partial charge in [-0.15, -0.1) is 10.2 Å². The van der Waals surface area contributed by atoms with E-state index in [0.29, 0.717) is 51.8 Å². The number of nitrogens with zero attached hydrogens (tertiary/aromatic N) is 4. The Morgan fingerprint density at radius 3 is 2.74 bits per heavy atom. The monoisotopic (exact) mass is 651 g/mol. The number of rotatable bonds is 9. The Morgan fingerprint density at radius 1 is 1.21 bits per heavy atom. The molecule has 1 aliphatic heterocycles. The Labute approximate surface area is 246 Å². The van der Waals surface area contributed by atoms with Gasteiger partial charge in [0, 0.05) is 24.4 Å². The Kier molecular flexibility index (Phi) is 8.37. The lowest BCUT2D eigenvalue weighted by Gasteiger charge is -2.35. The third-order valence-corrected chi connectivity index (χ3v) is 7.69. The van der Waals surface area contributed by atoms with Crippen LogP contribution in [0.5, 0.6) is 5.75 Å². The summed E-state index contributed by atoms with van der Waals surface area (Å²) in [6, 6.07) is 9.46. The molecule has 5 rings (SSSR count). The average Bonchev–Trinajstić information content (AvgIpc) is 3.58. The molecule has 42 heavy (non-hydrogen) atoms. The molecule has 0 radical (unpaired) electrons. The molecule has 0 saturated carbocycles. The van der Waals surface area contributed by atoms with Gasteiger partial charge in [-0.05, 0) is 54.3 Å². The van der Waals surface area contributed by atoms with E-state index in [0.717, 1.165) is 5.56 Å². The second-order valence-electron chi connectivity index (χ2n) is 9.80. The molecule has 2 aromatic carbocycles. The maximum Gasteiger partial charge on any atom is 0.405 e. The predicted octanol–water partition coefficient (Wildman–Crippen LogP) is 5.63. The fraction of sp³-hybridized carbons (Fsp3) is 0.357. The lowest BCUT2D eigenvalue weighted by Crippen LogP contribution is -2.52. The number of amides is 1. The van der Waals surface area contributed by atoms with Crippen molar-refractivity contribution in [3.63, 3.8) is 0 Å². The van der Waals surface area contributed by atoms with Crippen LogP contribution in [0, 0.1) is 12.7 Å². The molecular weight excluding hydrogens is 626 g/mol. The Bertz CT molecular complexity index is 1610. The molecule has 0 aliphatic carbocycles. The molecule has 4 aromatic rings.